The Balaban J connectivity index is 1.61. The number of nitrogens with one attached hydrogen (secondary N) is 1. The quantitative estimate of drug-likeness (QED) is 0.843. The number of pyridine rings is 1. The Morgan fingerprint density at radius 3 is 2.70 bits per heavy atom. The summed E-state index contributed by atoms with van der Waals surface area (Å²) in [6.45, 7) is 1.87. The lowest BCUT2D eigenvalue weighted by Gasteiger charge is -2.39. The standard InChI is InChI=1S/C20H23N3O4/c24-11-10-22-8-3-6-20(19(22)27)7-9-23(13-20)18(26)16-12-21-17(25)15-5-2-1-4-14(15)16/h1-2,4-5,12,24H,3,6-11,13H2,(H,21,25)/t20-/m0/s1. The van der Waals surface area contributed by atoms with Crippen LogP contribution in [0, 0.1) is 5.41 Å². The molecular weight excluding hydrogens is 346 g/mol. The molecule has 2 amide bonds. The van der Waals surface area contributed by atoms with Crippen molar-refractivity contribution >= 4 is 22.6 Å². The topological polar surface area (TPSA) is 93.7 Å². The summed E-state index contributed by atoms with van der Waals surface area (Å²) in [6, 6.07) is 7.06. The number of nitrogens with zero attached hydrogens (tertiary/aromatic N) is 2. The summed E-state index contributed by atoms with van der Waals surface area (Å²) < 4.78 is 0. The second kappa shape index (κ2) is 6.81. The van der Waals surface area contributed by atoms with Crippen molar-refractivity contribution in [2.45, 2.75) is 19.3 Å². The minimum atomic E-state index is -0.541. The normalized spacial score (nSPS) is 22.8. The molecule has 7 nitrogen and oxygen atoms in total. The molecule has 0 radical (unpaired) electrons. The first-order valence-electron chi connectivity index (χ1n) is 9.36. The van der Waals surface area contributed by atoms with Gasteiger partial charge in [0.25, 0.3) is 11.5 Å². The average Bonchev–Trinajstić information content (AvgIpc) is 3.11. The fraction of sp³-hybridized carbons (Fsp3) is 0.450. The van der Waals surface area contributed by atoms with Gasteiger partial charge in [-0.1, -0.05) is 18.2 Å². The van der Waals surface area contributed by atoms with Crippen molar-refractivity contribution in [2.75, 3.05) is 32.8 Å². The fourth-order valence-electron chi connectivity index (χ4n) is 4.47. The minimum Gasteiger partial charge on any atom is -0.395 e. The Hall–Kier alpha value is -2.67. The molecule has 2 aromatic rings. The van der Waals surface area contributed by atoms with Crippen molar-refractivity contribution in [2.24, 2.45) is 5.41 Å². The number of amides is 2. The Morgan fingerprint density at radius 2 is 1.93 bits per heavy atom. The van der Waals surface area contributed by atoms with Crippen LogP contribution in [-0.4, -0.2) is 64.5 Å². The molecule has 2 aliphatic rings. The zero-order valence-corrected chi connectivity index (χ0v) is 15.1. The summed E-state index contributed by atoms with van der Waals surface area (Å²) in [5.74, 6) is -0.115. The maximum Gasteiger partial charge on any atom is 0.256 e. The molecule has 1 aromatic carbocycles. The number of aromatic nitrogens is 1. The van der Waals surface area contributed by atoms with Gasteiger partial charge in [-0.3, -0.25) is 14.4 Å². The van der Waals surface area contributed by atoms with Crippen LogP contribution in [0.2, 0.25) is 0 Å². The van der Waals surface area contributed by atoms with E-state index in [1.54, 1.807) is 34.1 Å². The number of fused-ring (bicyclic) bond motifs is 1. The fourth-order valence-corrected chi connectivity index (χ4v) is 4.47. The molecule has 2 fully saturated rings. The van der Waals surface area contributed by atoms with E-state index in [-0.39, 0.29) is 24.0 Å². The van der Waals surface area contributed by atoms with E-state index >= 15 is 0 Å². The van der Waals surface area contributed by atoms with Gasteiger partial charge in [0.15, 0.2) is 0 Å². The second-order valence-electron chi connectivity index (χ2n) is 7.45. The van der Waals surface area contributed by atoms with Crippen LogP contribution in [0.4, 0.5) is 0 Å². The van der Waals surface area contributed by atoms with Crippen molar-refractivity contribution in [3.63, 3.8) is 0 Å². The third-order valence-electron chi connectivity index (χ3n) is 5.88. The number of H-pyrrole nitrogens is 1. The molecule has 2 aliphatic heterocycles. The van der Waals surface area contributed by atoms with Crippen molar-refractivity contribution in [3.8, 4) is 0 Å². The van der Waals surface area contributed by atoms with Crippen LogP contribution in [-0.2, 0) is 4.79 Å². The maximum absolute atomic E-state index is 13.2. The summed E-state index contributed by atoms with van der Waals surface area (Å²) >= 11 is 0. The summed E-state index contributed by atoms with van der Waals surface area (Å²) in [5, 5.41) is 10.3. The van der Waals surface area contributed by atoms with E-state index in [0.29, 0.717) is 48.9 Å². The number of benzene rings is 1. The molecule has 0 unspecified atom stereocenters. The first-order chi connectivity index (χ1) is 13.1. The highest BCUT2D eigenvalue weighted by Crippen LogP contribution is 2.40. The van der Waals surface area contributed by atoms with Crippen LogP contribution in [0.5, 0.6) is 0 Å². The zero-order chi connectivity index (χ0) is 19.0. The molecule has 0 bridgehead atoms. The van der Waals surface area contributed by atoms with Gasteiger partial charge in [0.1, 0.15) is 0 Å². The lowest BCUT2D eigenvalue weighted by atomic mass is 9.78. The molecule has 0 saturated carbocycles. The molecule has 0 aliphatic carbocycles. The number of hydrogen-bond acceptors (Lipinski definition) is 4. The molecule has 1 aromatic heterocycles. The van der Waals surface area contributed by atoms with Gasteiger partial charge in [0.05, 0.1) is 17.6 Å². The molecular formula is C20H23N3O4. The van der Waals surface area contributed by atoms with Gasteiger partial charge >= 0.3 is 0 Å². The average molecular weight is 369 g/mol. The van der Waals surface area contributed by atoms with Gasteiger partial charge in [-0.2, -0.15) is 0 Å². The number of piperidine rings is 1. The summed E-state index contributed by atoms with van der Waals surface area (Å²) in [7, 11) is 0. The number of aliphatic hydroxyl groups excluding tert-OH is 1. The Bertz CT molecular complexity index is 952. The first kappa shape index (κ1) is 17.7. The Morgan fingerprint density at radius 1 is 1.15 bits per heavy atom. The predicted molar refractivity (Wildman–Crippen MR) is 100 cm³/mol. The van der Waals surface area contributed by atoms with Gasteiger partial charge in [0, 0.05) is 43.1 Å². The Labute approximate surface area is 156 Å². The first-order valence-corrected chi connectivity index (χ1v) is 9.36. The molecule has 3 heterocycles. The zero-order valence-electron chi connectivity index (χ0n) is 15.1. The van der Waals surface area contributed by atoms with Crippen LogP contribution in [0.15, 0.2) is 35.3 Å². The van der Waals surface area contributed by atoms with Crippen LogP contribution in [0.25, 0.3) is 10.8 Å². The number of aliphatic hydroxyl groups is 1. The molecule has 7 heteroatoms. The monoisotopic (exact) mass is 369 g/mol. The third-order valence-corrected chi connectivity index (χ3v) is 5.88. The minimum absolute atomic E-state index is 0.0458. The van der Waals surface area contributed by atoms with Crippen LogP contribution in [0.3, 0.4) is 0 Å². The second-order valence-corrected chi connectivity index (χ2v) is 7.45. The van der Waals surface area contributed by atoms with Crippen molar-refractivity contribution < 1.29 is 14.7 Å². The van der Waals surface area contributed by atoms with E-state index in [0.717, 1.165) is 12.8 Å². The number of aromatic amines is 1. The molecule has 27 heavy (non-hydrogen) atoms. The number of likely N-dealkylation sites (tertiary alicyclic amines) is 2. The maximum atomic E-state index is 13.2. The molecule has 2 N–H and O–H groups in total. The number of carbonyl (C=O) groups excluding carboxylic acids is 2. The van der Waals surface area contributed by atoms with Crippen LogP contribution >= 0.6 is 0 Å². The lowest BCUT2D eigenvalue weighted by molar-refractivity contribution is -0.146. The highest BCUT2D eigenvalue weighted by molar-refractivity contribution is 6.06. The molecule has 142 valence electrons. The Kier molecular flexibility index (Phi) is 4.47. The van der Waals surface area contributed by atoms with E-state index in [2.05, 4.69) is 4.98 Å². The van der Waals surface area contributed by atoms with E-state index < -0.39 is 5.41 Å². The van der Waals surface area contributed by atoms with Crippen molar-refractivity contribution in [1.82, 2.24) is 14.8 Å². The summed E-state index contributed by atoms with van der Waals surface area (Å²) in [6.07, 6.45) is 3.76. The molecule has 1 atom stereocenters. The third kappa shape index (κ3) is 2.92. The van der Waals surface area contributed by atoms with E-state index in [4.69, 9.17) is 0 Å². The molecule has 4 rings (SSSR count). The highest BCUT2D eigenvalue weighted by atomic mass is 16.3. The summed E-state index contributed by atoms with van der Waals surface area (Å²) in [4.78, 5) is 44.2. The molecule has 2 saturated heterocycles. The number of carbonyl (C=O) groups is 2. The van der Waals surface area contributed by atoms with Gasteiger partial charge in [-0.15, -0.1) is 0 Å². The van der Waals surface area contributed by atoms with Gasteiger partial charge < -0.3 is 19.9 Å². The van der Waals surface area contributed by atoms with Gasteiger partial charge in [-0.25, -0.2) is 0 Å². The van der Waals surface area contributed by atoms with Crippen LogP contribution < -0.4 is 5.56 Å². The highest BCUT2D eigenvalue weighted by Gasteiger charge is 2.49. The van der Waals surface area contributed by atoms with E-state index in [1.807, 2.05) is 0 Å². The largest absolute Gasteiger partial charge is 0.395 e. The van der Waals surface area contributed by atoms with Crippen LogP contribution in [0.1, 0.15) is 29.6 Å². The molecule has 1 spiro atoms. The lowest BCUT2D eigenvalue weighted by Crippen LogP contribution is -2.51. The summed E-state index contributed by atoms with van der Waals surface area (Å²) in [5.41, 5.74) is -0.305. The van der Waals surface area contributed by atoms with Crippen molar-refractivity contribution in [3.05, 3.63) is 46.4 Å². The number of hydrogen-bond donors (Lipinski definition) is 2. The predicted octanol–water partition coefficient (Wildman–Crippen LogP) is 0.975. The van der Waals surface area contributed by atoms with Gasteiger partial charge in [-0.05, 0) is 25.3 Å². The van der Waals surface area contributed by atoms with Crippen molar-refractivity contribution in [1.29, 1.82) is 0 Å². The smallest absolute Gasteiger partial charge is 0.256 e. The van der Waals surface area contributed by atoms with E-state index in [9.17, 15) is 19.5 Å². The van der Waals surface area contributed by atoms with Gasteiger partial charge in [0.2, 0.25) is 5.91 Å². The number of β-amino-alcohol motifs (C(OH)–C–C–N with tert-alkyl or cyclic N) is 1. The van der Waals surface area contributed by atoms with E-state index in [1.165, 1.54) is 6.20 Å². The SMILES string of the molecule is O=C(c1c[nH]c(=O)c2ccccc12)N1CC[C@@]2(CCCN(CCO)C2=O)C1. The number of rotatable bonds is 3.